The van der Waals surface area contributed by atoms with Crippen molar-refractivity contribution in [2.24, 2.45) is 0 Å². The van der Waals surface area contributed by atoms with Crippen LogP contribution in [0.15, 0.2) is 48.7 Å². The van der Waals surface area contributed by atoms with E-state index in [1.165, 1.54) is 5.56 Å². The number of piperidine rings is 1. The molecular weight excluding hydrogens is 350 g/mol. The van der Waals surface area contributed by atoms with Crippen LogP contribution in [0, 0.1) is 0 Å². The molecule has 28 heavy (non-hydrogen) atoms. The van der Waals surface area contributed by atoms with Gasteiger partial charge in [0.1, 0.15) is 0 Å². The lowest BCUT2D eigenvalue weighted by molar-refractivity contribution is -0.157. The summed E-state index contributed by atoms with van der Waals surface area (Å²) in [6, 6.07) is 14.3. The van der Waals surface area contributed by atoms with Gasteiger partial charge in [-0.15, -0.1) is 0 Å². The number of hydrogen-bond donors (Lipinski definition) is 2. The van der Waals surface area contributed by atoms with Gasteiger partial charge >= 0.3 is 0 Å². The number of aliphatic hydroxyl groups is 1. The fourth-order valence-electron chi connectivity index (χ4n) is 3.67. The highest BCUT2D eigenvalue weighted by Crippen LogP contribution is 2.24. The average molecular weight is 382 g/mol. The van der Waals surface area contributed by atoms with Crippen molar-refractivity contribution in [1.29, 1.82) is 0 Å². The Balaban J connectivity index is 1.53. The summed E-state index contributed by atoms with van der Waals surface area (Å²) >= 11 is 0. The van der Waals surface area contributed by atoms with Crippen molar-refractivity contribution in [1.82, 2.24) is 15.2 Å². The van der Waals surface area contributed by atoms with Gasteiger partial charge in [-0.1, -0.05) is 44.2 Å². The molecule has 5 heteroatoms. The number of nitrogens with zero attached hydrogens (tertiary/aromatic N) is 2. The lowest BCUT2D eigenvalue weighted by Crippen LogP contribution is -2.57. The summed E-state index contributed by atoms with van der Waals surface area (Å²) in [7, 11) is 0. The van der Waals surface area contributed by atoms with E-state index in [4.69, 9.17) is 0 Å². The molecule has 5 nitrogen and oxygen atoms in total. The molecule has 1 aliphatic rings. The molecule has 1 aromatic carbocycles. The predicted octanol–water partition coefficient (Wildman–Crippen LogP) is 2.89. The van der Waals surface area contributed by atoms with E-state index in [0.29, 0.717) is 32.0 Å². The lowest BCUT2D eigenvalue weighted by Gasteiger charge is -2.38. The number of nitrogens with one attached hydrogen (secondary N) is 1. The minimum atomic E-state index is -1.32. The molecule has 1 aromatic heterocycles. The maximum atomic E-state index is 12.9. The van der Waals surface area contributed by atoms with E-state index in [9.17, 15) is 9.90 Å². The first-order chi connectivity index (χ1) is 13.5. The first kappa shape index (κ1) is 20.5. The third-order valence-electron chi connectivity index (χ3n) is 5.43. The zero-order valence-corrected chi connectivity index (χ0v) is 16.9. The Hall–Kier alpha value is -2.24. The lowest BCUT2D eigenvalue weighted by atomic mass is 9.91. The Labute approximate surface area is 167 Å². The second kappa shape index (κ2) is 9.30. The molecule has 1 fully saturated rings. The van der Waals surface area contributed by atoms with Crippen LogP contribution in [-0.2, 0) is 17.8 Å². The molecule has 2 N–H and O–H groups in total. The second-order valence-electron chi connectivity index (χ2n) is 8.01. The predicted molar refractivity (Wildman–Crippen MR) is 111 cm³/mol. The van der Waals surface area contributed by atoms with Gasteiger partial charge < -0.3 is 15.3 Å². The van der Waals surface area contributed by atoms with Crippen LogP contribution in [0.1, 0.15) is 49.4 Å². The monoisotopic (exact) mass is 381 g/mol. The zero-order chi connectivity index (χ0) is 20.0. The van der Waals surface area contributed by atoms with Gasteiger partial charge in [0, 0.05) is 44.5 Å². The van der Waals surface area contributed by atoms with Crippen LogP contribution in [0.2, 0.25) is 0 Å². The molecule has 1 aliphatic heterocycles. The number of hydrogen-bond acceptors (Lipinski definition) is 4. The van der Waals surface area contributed by atoms with Crippen LogP contribution >= 0.6 is 0 Å². The minimum Gasteiger partial charge on any atom is -0.379 e. The molecule has 150 valence electrons. The molecule has 3 rings (SSSR count). The van der Waals surface area contributed by atoms with Crippen LogP contribution in [0.5, 0.6) is 0 Å². The highest BCUT2D eigenvalue weighted by atomic mass is 16.3. The van der Waals surface area contributed by atoms with Crippen LogP contribution in [0.3, 0.4) is 0 Å². The van der Waals surface area contributed by atoms with Gasteiger partial charge in [-0.25, -0.2) is 0 Å². The SMILES string of the molecule is CC(C)c1ccc(CN2CCC[C@](O)(CNCCc3ccccn3)C2=O)cc1. The first-order valence-corrected chi connectivity index (χ1v) is 10.2. The Morgan fingerprint density at radius 2 is 2.00 bits per heavy atom. The van der Waals surface area contributed by atoms with Gasteiger partial charge in [-0.3, -0.25) is 9.78 Å². The third kappa shape index (κ3) is 5.18. The summed E-state index contributed by atoms with van der Waals surface area (Å²) in [5.74, 6) is 0.324. The molecule has 1 saturated heterocycles. The van der Waals surface area contributed by atoms with Crippen LogP contribution in [0.4, 0.5) is 0 Å². The number of rotatable bonds is 8. The molecule has 0 saturated carbocycles. The van der Waals surface area contributed by atoms with E-state index >= 15 is 0 Å². The normalized spacial score (nSPS) is 20.0. The van der Waals surface area contributed by atoms with Gasteiger partial charge in [0.2, 0.25) is 0 Å². The van der Waals surface area contributed by atoms with E-state index in [1.54, 1.807) is 11.1 Å². The number of aromatic nitrogens is 1. The molecule has 0 bridgehead atoms. The summed E-state index contributed by atoms with van der Waals surface area (Å²) in [6.07, 6.45) is 3.87. The molecule has 1 atom stereocenters. The second-order valence-corrected chi connectivity index (χ2v) is 8.01. The zero-order valence-electron chi connectivity index (χ0n) is 16.9. The van der Waals surface area contributed by atoms with Crippen LogP contribution in [0.25, 0.3) is 0 Å². The summed E-state index contributed by atoms with van der Waals surface area (Å²) in [4.78, 5) is 19.0. The molecule has 0 spiro atoms. The van der Waals surface area contributed by atoms with E-state index in [-0.39, 0.29) is 12.5 Å². The molecule has 0 unspecified atom stereocenters. The quantitative estimate of drug-likeness (QED) is 0.690. The van der Waals surface area contributed by atoms with Gasteiger partial charge in [0.25, 0.3) is 5.91 Å². The highest BCUT2D eigenvalue weighted by molar-refractivity contribution is 5.86. The maximum absolute atomic E-state index is 12.9. The Morgan fingerprint density at radius 1 is 1.21 bits per heavy atom. The molecule has 1 amide bonds. The van der Waals surface area contributed by atoms with E-state index in [0.717, 1.165) is 24.1 Å². The number of likely N-dealkylation sites (tertiary alicyclic amines) is 1. The number of pyridine rings is 1. The van der Waals surface area contributed by atoms with Gasteiger partial charge in [-0.2, -0.15) is 0 Å². The highest BCUT2D eigenvalue weighted by Gasteiger charge is 2.41. The summed E-state index contributed by atoms with van der Waals surface area (Å²) in [5.41, 5.74) is 2.08. The average Bonchev–Trinajstić information content (AvgIpc) is 2.70. The molecule has 2 heterocycles. The fraction of sp³-hybridized carbons (Fsp3) is 0.478. The number of carbonyl (C=O) groups excluding carboxylic acids is 1. The van der Waals surface area contributed by atoms with Crippen LogP contribution < -0.4 is 5.32 Å². The van der Waals surface area contributed by atoms with Crippen molar-refractivity contribution in [3.63, 3.8) is 0 Å². The minimum absolute atomic E-state index is 0.169. The fourth-order valence-corrected chi connectivity index (χ4v) is 3.67. The van der Waals surface area contributed by atoms with Crippen molar-refractivity contribution in [2.45, 2.75) is 51.2 Å². The maximum Gasteiger partial charge on any atom is 0.256 e. The molecule has 2 aromatic rings. The van der Waals surface area contributed by atoms with Gasteiger partial charge in [0.15, 0.2) is 5.60 Å². The van der Waals surface area contributed by atoms with E-state index in [1.807, 2.05) is 18.2 Å². The van der Waals surface area contributed by atoms with Crippen molar-refractivity contribution < 1.29 is 9.90 Å². The Bertz CT molecular complexity index is 761. The summed E-state index contributed by atoms with van der Waals surface area (Å²) in [5, 5.41) is 14.2. The number of amides is 1. The van der Waals surface area contributed by atoms with Crippen molar-refractivity contribution >= 4 is 5.91 Å². The van der Waals surface area contributed by atoms with E-state index < -0.39 is 5.60 Å². The standard InChI is InChI=1S/C23H31N3O2/c1-18(2)20-9-7-19(8-10-20)16-26-15-5-12-23(28,22(26)27)17-24-14-11-21-6-3-4-13-25-21/h3-4,6-10,13,18,24,28H,5,11-12,14-17H2,1-2H3/t23-/m0/s1. The summed E-state index contributed by atoms with van der Waals surface area (Å²) in [6.45, 7) is 6.55. The third-order valence-corrected chi connectivity index (χ3v) is 5.43. The Morgan fingerprint density at radius 3 is 2.68 bits per heavy atom. The van der Waals surface area contributed by atoms with Crippen molar-refractivity contribution in [2.75, 3.05) is 19.6 Å². The first-order valence-electron chi connectivity index (χ1n) is 10.2. The van der Waals surface area contributed by atoms with Crippen LogP contribution in [-0.4, -0.2) is 46.1 Å². The Kier molecular flexibility index (Phi) is 6.81. The molecule has 0 aliphatic carbocycles. The topological polar surface area (TPSA) is 65.5 Å². The number of benzene rings is 1. The van der Waals surface area contributed by atoms with Crippen molar-refractivity contribution in [3.8, 4) is 0 Å². The number of carbonyl (C=O) groups is 1. The van der Waals surface area contributed by atoms with Gasteiger partial charge in [0.05, 0.1) is 0 Å². The van der Waals surface area contributed by atoms with E-state index in [2.05, 4.69) is 48.4 Å². The molecular formula is C23H31N3O2. The smallest absolute Gasteiger partial charge is 0.256 e. The van der Waals surface area contributed by atoms with Crippen molar-refractivity contribution in [3.05, 3.63) is 65.5 Å². The molecule has 0 radical (unpaired) electrons. The largest absolute Gasteiger partial charge is 0.379 e. The van der Waals surface area contributed by atoms with Gasteiger partial charge in [-0.05, 0) is 42.0 Å². The summed E-state index contributed by atoms with van der Waals surface area (Å²) < 4.78 is 0.